The van der Waals surface area contributed by atoms with Crippen LogP contribution in [0.1, 0.15) is 25.3 Å². The van der Waals surface area contributed by atoms with Gasteiger partial charge >= 0.3 is 0 Å². The molecule has 1 saturated heterocycles. The smallest absolute Gasteiger partial charge is 0.0224 e. The van der Waals surface area contributed by atoms with Crippen LogP contribution in [0.15, 0.2) is 36.4 Å². The van der Waals surface area contributed by atoms with E-state index in [1.54, 1.807) is 0 Å². The molecule has 0 radical (unpaired) electrons. The maximum atomic E-state index is 5.87. The molecule has 2 unspecified atom stereocenters. The van der Waals surface area contributed by atoms with E-state index in [2.05, 4.69) is 48.2 Å². The molecule has 1 aromatic rings. The predicted octanol–water partition coefficient (Wildman–Crippen LogP) is 3.18. The van der Waals surface area contributed by atoms with Crippen molar-refractivity contribution in [2.24, 2.45) is 11.7 Å². The van der Waals surface area contributed by atoms with Crippen LogP contribution in [-0.2, 0) is 0 Å². The molecule has 2 atom stereocenters. The lowest BCUT2D eigenvalue weighted by Crippen LogP contribution is -2.46. The van der Waals surface area contributed by atoms with Crippen LogP contribution in [0.5, 0.6) is 0 Å². The number of rotatable bonds is 4. The molecule has 2 rings (SSSR count). The lowest BCUT2D eigenvalue weighted by Gasteiger charge is -2.37. The standard InChI is InChI=1S/C16H24N2.ClH/c1-14-9-11-18(16(12-14)13-17)10-5-8-15-6-3-2-4-7-15;/h2-8,14,16H,9-13,17H2,1H3;1H/b8-5+;. The van der Waals surface area contributed by atoms with Crippen LogP contribution in [0.2, 0.25) is 0 Å². The number of hydrogen-bond acceptors (Lipinski definition) is 2. The monoisotopic (exact) mass is 280 g/mol. The summed E-state index contributed by atoms with van der Waals surface area (Å²) in [6.07, 6.45) is 7.00. The quantitative estimate of drug-likeness (QED) is 0.918. The molecule has 106 valence electrons. The summed E-state index contributed by atoms with van der Waals surface area (Å²) in [5.74, 6) is 0.827. The van der Waals surface area contributed by atoms with Gasteiger partial charge in [0.2, 0.25) is 0 Å². The van der Waals surface area contributed by atoms with Crippen molar-refractivity contribution in [3.8, 4) is 0 Å². The molecule has 0 spiro atoms. The van der Waals surface area contributed by atoms with Crippen molar-refractivity contribution in [3.63, 3.8) is 0 Å². The molecular formula is C16H25ClN2. The molecule has 1 heterocycles. The highest BCUT2D eigenvalue weighted by Gasteiger charge is 2.23. The van der Waals surface area contributed by atoms with Gasteiger partial charge in [-0.3, -0.25) is 4.90 Å². The normalized spacial score (nSPS) is 24.3. The number of benzene rings is 1. The van der Waals surface area contributed by atoms with Crippen molar-refractivity contribution in [2.75, 3.05) is 19.6 Å². The average Bonchev–Trinajstić information content (AvgIpc) is 2.41. The van der Waals surface area contributed by atoms with Gasteiger partial charge in [-0.25, -0.2) is 0 Å². The second-order valence-corrected chi connectivity index (χ2v) is 5.33. The highest BCUT2D eigenvalue weighted by Crippen LogP contribution is 2.21. The molecule has 0 amide bonds. The van der Waals surface area contributed by atoms with Crippen LogP contribution >= 0.6 is 12.4 Å². The fraction of sp³-hybridized carbons (Fsp3) is 0.500. The van der Waals surface area contributed by atoms with Crippen molar-refractivity contribution in [1.82, 2.24) is 4.90 Å². The maximum absolute atomic E-state index is 5.87. The summed E-state index contributed by atoms with van der Waals surface area (Å²) >= 11 is 0. The summed E-state index contributed by atoms with van der Waals surface area (Å²) in [6.45, 7) is 5.31. The first-order valence-corrected chi connectivity index (χ1v) is 6.95. The molecule has 1 aliphatic rings. The van der Waals surface area contributed by atoms with E-state index in [1.165, 1.54) is 24.9 Å². The van der Waals surface area contributed by atoms with Crippen molar-refractivity contribution in [2.45, 2.75) is 25.8 Å². The zero-order valence-corrected chi connectivity index (χ0v) is 12.5. The third kappa shape index (κ3) is 4.98. The van der Waals surface area contributed by atoms with Crippen molar-refractivity contribution < 1.29 is 0 Å². The van der Waals surface area contributed by atoms with Crippen LogP contribution in [0, 0.1) is 5.92 Å². The van der Waals surface area contributed by atoms with E-state index >= 15 is 0 Å². The Hall–Kier alpha value is -0.830. The van der Waals surface area contributed by atoms with Gasteiger partial charge < -0.3 is 5.73 Å². The Morgan fingerprint density at radius 3 is 2.74 bits per heavy atom. The molecule has 0 aliphatic carbocycles. The molecule has 0 aromatic heterocycles. The summed E-state index contributed by atoms with van der Waals surface area (Å²) < 4.78 is 0. The van der Waals surface area contributed by atoms with Gasteiger partial charge in [-0.05, 0) is 30.9 Å². The molecule has 1 fully saturated rings. The SMILES string of the molecule is CC1CCN(C/C=C/c2ccccc2)C(CN)C1.Cl. The van der Waals surface area contributed by atoms with Gasteiger partial charge in [0.15, 0.2) is 0 Å². The average molecular weight is 281 g/mol. The Balaban J connectivity index is 0.00000180. The third-order valence-electron chi connectivity index (χ3n) is 3.82. The lowest BCUT2D eigenvalue weighted by atomic mass is 9.92. The first-order chi connectivity index (χ1) is 8.79. The van der Waals surface area contributed by atoms with Gasteiger partial charge in [0.25, 0.3) is 0 Å². The Bertz CT molecular complexity index is 378. The molecule has 19 heavy (non-hydrogen) atoms. The van der Waals surface area contributed by atoms with E-state index in [0.29, 0.717) is 6.04 Å². The molecule has 2 N–H and O–H groups in total. The highest BCUT2D eigenvalue weighted by molar-refractivity contribution is 5.85. The van der Waals surface area contributed by atoms with E-state index in [0.717, 1.165) is 19.0 Å². The fourth-order valence-corrected chi connectivity index (χ4v) is 2.67. The minimum atomic E-state index is 0. The minimum Gasteiger partial charge on any atom is -0.329 e. The summed E-state index contributed by atoms with van der Waals surface area (Å²) in [5, 5.41) is 0. The lowest BCUT2D eigenvalue weighted by molar-refractivity contribution is 0.137. The van der Waals surface area contributed by atoms with Crippen LogP contribution in [0.3, 0.4) is 0 Å². The first kappa shape index (κ1) is 16.2. The van der Waals surface area contributed by atoms with Crippen LogP contribution < -0.4 is 5.73 Å². The van der Waals surface area contributed by atoms with E-state index in [4.69, 9.17) is 5.73 Å². The number of nitrogens with two attached hydrogens (primary N) is 1. The molecule has 3 heteroatoms. The summed E-state index contributed by atoms with van der Waals surface area (Å²) in [4.78, 5) is 2.51. The largest absolute Gasteiger partial charge is 0.329 e. The number of piperidine rings is 1. The summed E-state index contributed by atoms with van der Waals surface area (Å²) in [5.41, 5.74) is 7.14. The number of nitrogens with zero attached hydrogens (tertiary/aromatic N) is 1. The molecule has 1 aliphatic heterocycles. The van der Waals surface area contributed by atoms with Gasteiger partial charge in [0, 0.05) is 19.1 Å². The van der Waals surface area contributed by atoms with Crippen molar-refractivity contribution >= 4 is 18.5 Å². The van der Waals surface area contributed by atoms with E-state index in [9.17, 15) is 0 Å². The highest BCUT2D eigenvalue weighted by atomic mass is 35.5. The number of halogens is 1. The fourth-order valence-electron chi connectivity index (χ4n) is 2.67. The van der Waals surface area contributed by atoms with Gasteiger partial charge in [0.1, 0.15) is 0 Å². The van der Waals surface area contributed by atoms with Crippen molar-refractivity contribution in [3.05, 3.63) is 42.0 Å². The maximum Gasteiger partial charge on any atom is 0.0224 e. The van der Waals surface area contributed by atoms with Gasteiger partial charge in [0.05, 0.1) is 0 Å². The van der Waals surface area contributed by atoms with Gasteiger partial charge in [-0.1, -0.05) is 49.4 Å². The Morgan fingerprint density at radius 1 is 1.32 bits per heavy atom. The third-order valence-corrected chi connectivity index (χ3v) is 3.82. The zero-order chi connectivity index (χ0) is 12.8. The minimum absolute atomic E-state index is 0. The van der Waals surface area contributed by atoms with E-state index < -0.39 is 0 Å². The summed E-state index contributed by atoms with van der Waals surface area (Å²) in [6, 6.07) is 11.0. The molecule has 0 bridgehead atoms. The molecular weight excluding hydrogens is 256 g/mol. The first-order valence-electron chi connectivity index (χ1n) is 6.95. The van der Waals surface area contributed by atoms with Gasteiger partial charge in [-0.15, -0.1) is 12.4 Å². The predicted molar refractivity (Wildman–Crippen MR) is 85.5 cm³/mol. The number of likely N-dealkylation sites (tertiary alicyclic amines) is 1. The van der Waals surface area contributed by atoms with E-state index in [-0.39, 0.29) is 12.4 Å². The van der Waals surface area contributed by atoms with Crippen LogP contribution in [0.4, 0.5) is 0 Å². The second-order valence-electron chi connectivity index (χ2n) is 5.33. The van der Waals surface area contributed by atoms with Crippen LogP contribution in [0.25, 0.3) is 6.08 Å². The van der Waals surface area contributed by atoms with E-state index in [1.807, 2.05) is 6.07 Å². The second kappa shape index (κ2) is 8.36. The van der Waals surface area contributed by atoms with Crippen molar-refractivity contribution in [1.29, 1.82) is 0 Å². The zero-order valence-electron chi connectivity index (χ0n) is 11.7. The number of hydrogen-bond donors (Lipinski definition) is 1. The van der Waals surface area contributed by atoms with Crippen LogP contribution in [-0.4, -0.2) is 30.6 Å². The Labute approximate surface area is 123 Å². The Morgan fingerprint density at radius 2 is 2.05 bits per heavy atom. The molecule has 0 saturated carbocycles. The van der Waals surface area contributed by atoms with Gasteiger partial charge in [-0.2, -0.15) is 0 Å². The Kier molecular flexibility index (Phi) is 7.14. The molecule has 2 nitrogen and oxygen atoms in total. The molecule has 1 aromatic carbocycles. The summed E-state index contributed by atoms with van der Waals surface area (Å²) in [7, 11) is 0. The topological polar surface area (TPSA) is 29.3 Å².